The van der Waals surface area contributed by atoms with Gasteiger partial charge in [-0.1, -0.05) is 55.5 Å². The largest absolute Gasteiger partial charge is 0.314 e. The van der Waals surface area contributed by atoms with Crippen LogP contribution in [0.25, 0.3) is 0 Å². The van der Waals surface area contributed by atoms with E-state index in [1.807, 2.05) is 0 Å². The van der Waals surface area contributed by atoms with Crippen LogP contribution >= 0.6 is 0 Å². The Balaban J connectivity index is 1.69. The first kappa shape index (κ1) is 12.6. The van der Waals surface area contributed by atoms with Gasteiger partial charge in [-0.15, -0.1) is 0 Å². The van der Waals surface area contributed by atoms with Gasteiger partial charge in [0.2, 0.25) is 0 Å². The van der Waals surface area contributed by atoms with Gasteiger partial charge in [0.25, 0.3) is 0 Å². The highest BCUT2D eigenvalue weighted by Gasteiger charge is 2.10. The van der Waals surface area contributed by atoms with E-state index < -0.39 is 0 Å². The molecule has 0 saturated heterocycles. The number of hydrogen-bond acceptors (Lipinski definition) is 1. The third-order valence-electron chi connectivity index (χ3n) is 3.82. The molecule has 2 rings (SSSR count). The summed E-state index contributed by atoms with van der Waals surface area (Å²) < 4.78 is 0. The van der Waals surface area contributed by atoms with Crippen molar-refractivity contribution in [1.82, 2.24) is 5.32 Å². The van der Waals surface area contributed by atoms with E-state index in [0.717, 1.165) is 19.0 Å². The lowest BCUT2D eigenvalue weighted by Crippen LogP contribution is -2.30. The maximum Gasteiger partial charge on any atom is 0.00671 e. The van der Waals surface area contributed by atoms with Gasteiger partial charge in [-0.25, -0.2) is 0 Å². The van der Waals surface area contributed by atoms with Gasteiger partial charge in [0.05, 0.1) is 0 Å². The first-order valence-electron chi connectivity index (χ1n) is 7.13. The molecule has 0 spiro atoms. The Morgan fingerprint density at radius 1 is 1.00 bits per heavy atom. The molecule has 0 bridgehead atoms. The van der Waals surface area contributed by atoms with E-state index in [4.69, 9.17) is 0 Å². The third-order valence-corrected chi connectivity index (χ3v) is 3.82. The summed E-state index contributed by atoms with van der Waals surface area (Å²) in [5, 5.41) is 3.72. The fourth-order valence-corrected chi connectivity index (χ4v) is 2.66. The maximum atomic E-state index is 3.72. The van der Waals surface area contributed by atoms with Crippen molar-refractivity contribution in [2.45, 2.75) is 57.9 Å². The number of hydrogen-bond donors (Lipinski definition) is 1. The van der Waals surface area contributed by atoms with Gasteiger partial charge < -0.3 is 5.32 Å². The Kier molecular flexibility index (Phi) is 5.06. The van der Waals surface area contributed by atoms with Gasteiger partial charge in [0.1, 0.15) is 0 Å². The molecule has 17 heavy (non-hydrogen) atoms. The average Bonchev–Trinajstić information content (AvgIpc) is 2.60. The van der Waals surface area contributed by atoms with Crippen LogP contribution in [0.1, 0.15) is 49.7 Å². The normalized spacial score (nSPS) is 17.9. The summed E-state index contributed by atoms with van der Waals surface area (Å²) in [5.41, 5.74) is 2.81. The molecule has 1 aromatic carbocycles. The van der Waals surface area contributed by atoms with E-state index in [2.05, 4.69) is 36.5 Å². The summed E-state index contributed by atoms with van der Waals surface area (Å²) in [5.74, 6) is 0. The molecule has 0 aromatic heterocycles. The lowest BCUT2D eigenvalue weighted by molar-refractivity contribution is 0.463. The van der Waals surface area contributed by atoms with Crippen LogP contribution in [0.3, 0.4) is 0 Å². The summed E-state index contributed by atoms with van der Waals surface area (Å²) in [4.78, 5) is 0. The van der Waals surface area contributed by atoms with Crippen molar-refractivity contribution in [1.29, 1.82) is 0 Å². The molecule has 1 saturated carbocycles. The summed E-state index contributed by atoms with van der Waals surface area (Å²) in [7, 11) is 0. The minimum absolute atomic E-state index is 0.781. The molecule has 0 radical (unpaired) electrons. The Morgan fingerprint density at radius 2 is 1.65 bits per heavy atom. The first-order valence-corrected chi connectivity index (χ1v) is 7.13. The van der Waals surface area contributed by atoms with E-state index in [-0.39, 0.29) is 0 Å². The van der Waals surface area contributed by atoms with Crippen molar-refractivity contribution >= 4 is 0 Å². The van der Waals surface area contributed by atoms with Crippen LogP contribution < -0.4 is 5.32 Å². The molecule has 1 aromatic rings. The second kappa shape index (κ2) is 6.80. The smallest absolute Gasteiger partial charge is 0.00671 e. The Bertz CT molecular complexity index is 307. The van der Waals surface area contributed by atoms with Crippen molar-refractivity contribution in [3.8, 4) is 0 Å². The topological polar surface area (TPSA) is 12.0 Å². The summed E-state index contributed by atoms with van der Waals surface area (Å²) >= 11 is 0. The lowest BCUT2D eigenvalue weighted by atomic mass is 10.1. The van der Waals surface area contributed by atoms with Gasteiger partial charge in [-0.2, -0.15) is 0 Å². The van der Waals surface area contributed by atoms with E-state index in [0.29, 0.717) is 0 Å². The van der Waals surface area contributed by atoms with Crippen LogP contribution in [0, 0.1) is 6.92 Å². The molecule has 1 heteroatoms. The standard InChI is InChI=1S/C16H25N/c1-14-8-10-15(11-9-14)12-13-17-16-6-4-2-3-5-7-16/h8-11,16-17H,2-7,12-13H2,1H3. The van der Waals surface area contributed by atoms with E-state index in [9.17, 15) is 0 Å². The molecule has 1 nitrogen and oxygen atoms in total. The van der Waals surface area contributed by atoms with Crippen LogP contribution in [-0.2, 0) is 6.42 Å². The minimum Gasteiger partial charge on any atom is -0.314 e. The third kappa shape index (κ3) is 4.51. The molecule has 1 aliphatic rings. The molecule has 94 valence electrons. The first-order chi connectivity index (χ1) is 8.34. The van der Waals surface area contributed by atoms with Crippen molar-refractivity contribution in [2.75, 3.05) is 6.54 Å². The van der Waals surface area contributed by atoms with Gasteiger partial charge in [-0.3, -0.25) is 0 Å². The summed E-state index contributed by atoms with van der Waals surface area (Å²) in [6.45, 7) is 3.28. The Morgan fingerprint density at radius 3 is 2.29 bits per heavy atom. The number of benzene rings is 1. The highest BCUT2D eigenvalue weighted by molar-refractivity contribution is 5.21. The fourth-order valence-electron chi connectivity index (χ4n) is 2.66. The summed E-state index contributed by atoms with van der Waals surface area (Å²) in [6, 6.07) is 9.71. The number of aryl methyl sites for hydroxylation is 1. The van der Waals surface area contributed by atoms with Crippen molar-refractivity contribution in [3.05, 3.63) is 35.4 Å². The van der Waals surface area contributed by atoms with Gasteiger partial charge in [0, 0.05) is 6.04 Å². The van der Waals surface area contributed by atoms with E-state index in [1.165, 1.54) is 49.7 Å². The predicted octanol–water partition coefficient (Wildman–Crippen LogP) is 3.85. The molecule has 0 heterocycles. The van der Waals surface area contributed by atoms with Crippen molar-refractivity contribution in [3.63, 3.8) is 0 Å². The molecule has 0 amide bonds. The van der Waals surface area contributed by atoms with E-state index >= 15 is 0 Å². The maximum absolute atomic E-state index is 3.72. The van der Waals surface area contributed by atoms with Crippen LogP contribution in [0.4, 0.5) is 0 Å². The molecule has 0 atom stereocenters. The van der Waals surface area contributed by atoms with Crippen LogP contribution in [0.5, 0.6) is 0 Å². The molecule has 1 N–H and O–H groups in total. The van der Waals surface area contributed by atoms with Crippen LogP contribution in [-0.4, -0.2) is 12.6 Å². The summed E-state index contributed by atoms with van der Waals surface area (Å²) in [6.07, 6.45) is 9.65. The number of rotatable bonds is 4. The minimum atomic E-state index is 0.781. The zero-order valence-corrected chi connectivity index (χ0v) is 11.0. The second-order valence-corrected chi connectivity index (χ2v) is 5.38. The molecular weight excluding hydrogens is 206 g/mol. The molecule has 0 aliphatic heterocycles. The predicted molar refractivity (Wildman–Crippen MR) is 74.4 cm³/mol. The SMILES string of the molecule is Cc1ccc(CCNC2CCCCCC2)cc1. The highest BCUT2D eigenvalue weighted by Crippen LogP contribution is 2.17. The zero-order valence-electron chi connectivity index (χ0n) is 11.0. The molecule has 0 unspecified atom stereocenters. The van der Waals surface area contributed by atoms with Gasteiger partial charge >= 0.3 is 0 Å². The Labute approximate surface area is 106 Å². The molecule has 1 aliphatic carbocycles. The van der Waals surface area contributed by atoms with Crippen LogP contribution in [0.15, 0.2) is 24.3 Å². The van der Waals surface area contributed by atoms with Crippen molar-refractivity contribution < 1.29 is 0 Å². The monoisotopic (exact) mass is 231 g/mol. The quantitative estimate of drug-likeness (QED) is 0.776. The van der Waals surface area contributed by atoms with Crippen molar-refractivity contribution in [2.24, 2.45) is 0 Å². The number of nitrogens with one attached hydrogen (secondary N) is 1. The second-order valence-electron chi connectivity index (χ2n) is 5.38. The van der Waals surface area contributed by atoms with Gasteiger partial charge in [0.15, 0.2) is 0 Å². The molecular formula is C16H25N. The lowest BCUT2D eigenvalue weighted by Gasteiger charge is -2.16. The molecule has 1 fully saturated rings. The fraction of sp³-hybridized carbons (Fsp3) is 0.625. The Hall–Kier alpha value is -0.820. The average molecular weight is 231 g/mol. The van der Waals surface area contributed by atoms with Gasteiger partial charge in [-0.05, 0) is 38.3 Å². The zero-order chi connectivity index (χ0) is 11.9. The van der Waals surface area contributed by atoms with E-state index in [1.54, 1.807) is 0 Å². The highest BCUT2D eigenvalue weighted by atomic mass is 14.9. The van der Waals surface area contributed by atoms with Crippen LogP contribution in [0.2, 0.25) is 0 Å².